The molecular weight excluding hydrogens is 470 g/mol. The maximum absolute atomic E-state index is 13.3. The van der Waals surface area contributed by atoms with Gasteiger partial charge in [0.15, 0.2) is 5.78 Å². The number of carbonyl (C=O) groups is 2. The summed E-state index contributed by atoms with van der Waals surface area (Å²) in [6.07, 6.45) is -0.0542. The summed E-state index contributed by atoms with van der Waals surface area (Å²) in [7, 11) is 1.53. The van der Waals surface area contributed by atoms with Gasteiger partial charge in [-0.15, -0.1) is 0 Å². The molecule has 8 heteroatoms. The van der Waals surface area contributed by atoms with Gasteiger partial charge in [0.05, 0.1) is 18.2 Å². The first-order valence-electron chi connectivity index (χ1n) is 7.77. The highest BCUT2D eigenvalue weighted by atomic mass is 79.9. The van der Waals surface area contributed by atoms with E-state index in [9.17, 15) is 9.59 Å². The fraction of sp³-hybridized carbons (Fsp3) is 0.278. The number of ether oxygens (including phenoxy) is 2. The summed E-state index contributed by atoms with van der Waals surface area (Å²) < 4.78 is 11.3. The first-order chi connectivity index (χ1) is 12.4. The minimum atomic E-state index is -1.39. The smallest absolute Gasteiger partial charge is 0.481 e. The van der Waals surface area contributed by atoms with Crippen molar-refractivity contribution in [2.45, 2.75) is 24.9 Å². The number of ketones is 1. The van der Waals surface area contributed by atoms with Crippen LogP contribution in [0.15, 0.2) is 39.3 Å². The monoisotopic (exact) mass is 483 g/mol. The van der Waals surface area contributed by atoms with E-state index in [0.29, 0.717) is 35.5 Å². The molecule has 136 valence electrons. The Hall–Kier alpha value is -1.93. The van der Waals surface area contributed by atoms with Crippen molar-refractivity contribution >= 4 is 43.8 Å². The second kappa shape index (κ2) is 7.36. The number of halogens is 2. The van der Waals surface area contributed by atoms with E-state index in [1.54, 1.807) is 24.3 Å². The van der Waals surface area contributed by atoms with Crippen LogP contribution in [0.25, 0.3) is 0 Å². The molecule has 1 heterocycles. The standard InChI is InChI=1S/C18H15Br2NO5/c1-25-14-5-4-13(20)15(21-14)18(6-7-18)16(22)12-3-2-11(19)8-10(12)9-26-17(23)24/h2-5,8H,6-7,9H2,1H3,(H,23,24). The largest absolute Gasteiger partial charge is 0.506 e. The minimum absolute atomic E-state index is 0.101. The number of hydrogen-bond acceptors (Lipinski definition) is 5. The third-order valence-corrected chi connectivity index (χ3v) is 5.46. The Morgan fingerprint density at radius 3 is 2.58 bits per heavy atom. The predicted molar refractivity (Wildman–Crippen MR) is 101 cm³/mol. The molecule has 6 nitrogen and oxygen atoms in total. The minimum Gasteiger partial charge on any atom is -0.481 e. The molecule has 26 heavy (non-hydrogen) atoms. The van der Waals surface area contributed by atoms with Crippen LogP contribution >= 0.6 is 31.9 Å². The van der Waals surface area contributed by atoms with E-state index in [-0.39, 0.29) is 12.4 Å². The molecule has 1 aromatic heterocycles. The summed E-state index contributed by atoms with van der Waals surface area (Å²) in [4.78, 5) is 28.5. The molecule has 0 saturated heterocycles. The van der Waals surface area contributed by atoms with Crippen LogP contribution in [0.3, 0.4) is 0 Å². The topological polar surface area (TPSA) is 85.7 Å². The van der Waals surface area contributed by atoms with E-state index in [2.05, 4.69) is 41.6 Å². The molecular formula is C18H15Br2NO5. The van der Waals surface area contributed by atoms with Gasteiger partial charge in [0.25, 0.3) is 0 Å². The molecule has 1 fully saturated rings. The number of hydrogen-bond donors (Lipinski definition) is 1. The first-order valence-corrected chi connectivity index (χ1v) is 9.36. The zero-order valence-electron chi connectivity index (χ0n) is 13.8. The van der Waals surface area contributed by atoms with Crippen LogP contribution in [0, 0.1) is 0 Å². The number of carboxylic acid groups (broad SMARTS) is 1. The molecule has 1 aliphatic rings. The van der Waals surface area contributed by atoms with Crippen LogP contribution in [0.1, 0.15) is 34.5 Å². The van der Waals surface area contributed by atoms with Gasteiger partial charge in [-0.2, -0.15) is 0 Å². The van der Waals surface area contributed by atoms with Gasteiger partial charge in [0.1, 0.15) is 6.61 Å². The van der Waals surface area contributed by atoms with Gasteiger partial charge >= 0.3 is 6.16 Å². The Morgan fingerprint density at radius 1 is 1.23 bits per heavy atom. The molecule has 0 unspecified atom stereocenters. The van der Waals surface area contributed by atoms with Crippen molar-refractivity contribution < 1.29 is 24.2 Å². The van der Waals surface area contributed by atoms with E-state index in [1.807, 2.05) is 6.07 Å². The van der Waals surface area contributed by atoms with Gasteiger partial charge in [-0.3, -0.25) is 4.79 Å². The molecule has 1 aliphatic carbocycles. The second-order valence-electron chi connectivity index (χ2n) is 5.95. The van der Waals surface area contributed by atoms with E-state index in [0.717, 1.165) is 8.95 Å². The lowest BCUT2D eigenvalue weighted by Crippen LogP contribution is -2.24. The Labute approximate surface area is 166 Å². The van der Waals surface area contributed by atoms with E-state index < -0.39 is 11.6 Å². The van der Waals surface area contributed by atoms with Gasteiger partial charge in [0, 0.05) is 26.1 Å². The van der Waals surface area contributed by atoms with Crippen molar-refractivity contribution in [3.63, 3.8) is 0 Å². The zero-order valence-corrected chi connectivity index (χ0v) is 17.0. The van der Waals surface area contributed by atoms with Crippen LogP contribution in [0.2, 0.25) is 0 Å². The van der Waals surface area contributed by atoms with Crippen molar-refractivity contribution in [3.8, 4) is 5.88 Å². The molecule has 0 amide bonds. The molecule has 0 spiro atoms. The number of aromatic nitrogens is 1. The average Bonchev–Trinajstić information content (AvgIpc) is 3.41. The van der Waals surface area contributed by atoms with E-state index in [1.165, 1.54) is 7.11 Å². The van der Waals surface area contributed by atoms with Crippen LogP contribution in [-0.4, -0.2) is 29.1 Å². The van der Waals surface area contributed by atoms with Gasteiger partial charge in [-0.25, -0.2) is 9.78 Å². The lowest BCUT2D eigenvalue weighted by atomic mass is 9.88. The summed E-state index contributed by atoms with van der Waals surface area (Å²) in [5, 5.41) is 8.77. The predicted octanol–water partition coefficient (Wildman–Crippen LogP) is 4.72. The Bertz CT molecular complexity index is 880. The number of pyridine rings is 1. The fourth-order valence-corrected chi connectivity index (χ4v) is 3.88. The molecule has 1 N–H and O–H groups in total. The molecule has 1 aromatic carbocycles. The second-order valence-corrected chi connectivity index (χ2v) is 7.72. The molecule has 0 radical (unpaired) electrons. The molecule has 0 atom stereocenters. The molecule has 0 aliphatic heterocycles. The first kappa shape index (κ1) is 18.8. The molecule has 3 rings (SSSR count). The number of carbonyl (C=O) groups excluding carboxylic acids is 1. The van der Waals surface area contributed by atoms with Crippen molar-refractivity contribution in [1.29, 1.82) is 0 Å². The van der Waals surface area contributed by atoms with Crippen LogP contribution < -0.4 is 4.74 Å². The third-order valence-electron chi connectivity index (χ3n) is 4.33. The molecule has 1 saturated carbocycles. The van der Waals surface area contributed by atoms with E-state index >= 15 is 0 Å². The zero-order chi connectivity index (χ0) is 18.9. The number of Topliss-reactive ketones (excluding diaryl/α,β-unsaturated/α-hetero) is 1. The SMILES string of the molecule is COc1ccc(Br)c(C2(C(=O)c3ccc(Br)cc3COC(=O)O)CC2)n1. The average molecular weight is 485 g/mol. The highest BCUT2D eigenvalue weighted by molar-refractivity contribution is 9.10. The Morgan fingerprint density at radius 2 is 1.96 bits per heavy atom. The lowest BCUT2D eigenvalue weighted by molar-refractivity contribution is 0.0832. The Balaban J connectivity index is 2.00. The van der Waals surface area contributed by atoms with Crippen molar-refractivity contribution in [2.75, 3.05) is 7.11 Å². The van der Waals surface area contributed by atoms with E-state index in [4.69, 9.17) is 9.84 Å². The highest BCUT2D eigenvalue weighted by Gasteiger charge is 2.54. The van der Waals surface area contributed by atoms with Gasteiger partial charge in [-0.1, -0.05) is 15.9 Å². The van der Waals surface area contributed by atoms with Crippen LogP contribution in [0.4, 0.5) is 4.79 Å². The third kappa shape index (κ3) is 3.61. The highest BCUT2D eigenvalue weighted by Crippen LogP contribution is 2.52. The normalized spacial score (nSPS) is 14.6. The summed E-state index contributed by atoms with van der Waals surface area (Å²) in [5.74, 6) is 0.336. The quantitative estimate of drug-likeness (QED) is 0.471. The van der Waals surface area contributed by atoms with Crippen LogP contribution in [-0.2, 0) is 16.8 Å². The number of benzene rings is 1. The van der Waals surface area contributed by atoms with Gasteiger partial charge in [-0.05, 0) is 53.0 Å². The summed E-state index contributed by atoms with van der Waals surface area (Å²) in [5.41, 5.74) is 0.842. The lowest BCUT2D eigenvalue weighted by Gasteiger charge is -2.18. The summed E-state index contributed by atoms with van der Waals surface area (Å²) in [6, 6.07) is 8.66. The summed E-state index contributed by atoms with van der Waals surface area (Å²) >= 11 is 6.82. The maximum atomic E-state index is 13.3. The van der Waals surface area contributed by atoms with Crippen molar-refractivity contribution in [3.05, 3.63) is 56.1 Å². The van der Waals surface area contributed by atoms with Gasteiger partial charge in [0.2, 0.25) is 5.88 Å². The number of rotatable bonds is 6. The Kier molecular flexibility index (Phi) is 5.34. The van der Waals surface area contributed by atoms with Crippen molar-refractivity contribution in [2.24, 2.45) is 0 Å². The molecule has 0 bridgehead atoms. The fourth-order valence-electron chi connectivity index (χ4n) is 2.87. The van der Waals surface area contributed by atoms with Crippen LogP contribution in [0.5, 0.6) is 5.88 Å². The van der Waals surface area contributed by atoms with Gasteiger partial charge < -0.3 is 14.6 Å². The molecule has 2 aromatic rings. The van der Waals surface area contributed by atoms with Crippen molar-refractivity contribution in [1.82, 2.24) is 4.98 Å². The number of methoxy groups -OCH3 is 1. The summed E-state index contributed by atoms with van der Waals surface area (Å²) in [6.45, 7) is -0.196. The number of nitrogens with zero attached hydrogens (tertiary/aromatic N) is 1. The maximum Gasteiger partial charge on any atom is 0.506 e.